The zero-order valence-corrected chi connectivity index (χ0v) is 11.4. The van der Waals surface area contributed by atoms with E-state index in [2.05, 4.69) is 30.3 Å². The third kappa shape index (κ3) is 3.30. The van der Waals surface area contributed by atoms with Crippen LogP contribution in [0.25, 0.3) is 0 Å². The van der Waals surface area contributed by atoms with Crippen molar-refractivity contribution >= 4 is 17.0 Å². The zero-order valence-electron chi connectivity index (χ0n) is 9.64. The number of quaternary nitrogens is 1. The van der Waals surface area contributed by atoms with Gasteiger partial charge in [0.1, 0.15) is 13.1 Å². The van der Waals surface area contributed by atoms with Crippen LogP contribution in [0.3, 0.4) is 0 Å². The Hall–Kier alpha value is -0.380. The molecule has 0 amide bonds. The van der Waals surface area contributed by atoms with Crippen LogP contribution < -0.4 is 0 Å². The molecule has 1 N–H and O–H groups in total. The average molecular weight is 287 g/mol. The van der Waals surface area contributed by atoms with Crippen LogP contribution in [0.15, 0.2) is 30.3 Å². The van der Waals surface area contributed by atoms with Crippen LogP contribution >= 0.6 is 17.0 Å². The Labute approximate surface area is 108 Å². The lowest BCUT2D eigenvalue weighted by molar-refractivity contribution is -0.929. The first-order valence-electron chi connectivity index (χ1n) is 5.85. The summed E-state index contributed by atoms with van der Waals surface area (Å²) in [5.41, 5.74) is 1.40. The van der Waals surface area contributed by atoms with Crippen LogP contribution in [0.4, 0.5) is 0 Å². The fourth-order valence-electron chi connectivity index (χ4n) is 2.65. The highest BCUT2D eigenvalue weighted by Gasteiger charge is 2.31. The molecule has 1 aliphatic heterocycles. The van der Waals surface area contributed by atoms with Crippen LogP contribution in [0.5, 0.6) is 0 Å². The highest BCUT2D eigenvalue weighted by molar-refractivity contribution is 8.93. The summed E-state index contributed by atoms with van der Waals surface area (Å²) in [4.78, 5) is 0. The maximum atomic E-state index is 9.15. The molecule has 1 fully saturated rings. The zero-order chi connectivity index (χ0) is 10.6. The van der Waals surface area contributed by atoms with Crippen LogP contribution in [-0.4, -0.2) is 35.8 Å². The van der Waals surface area contributed by atoms with E-state index < -0.39 is 0 Å². The van der Waals surface area contributed by atoms with Crippen molar-refractivity contribution in [3.05, 3.63) is 35.9 Å². The smallest absolute Gasteiger partial charge is 0.104 e. The lowest BCUT2D eigenvalue weighted by Gasteiger charge is -2.33. The van der Waals surface area contributed by atoms with Crippen molar-refractivity contribution in [1.82, 2.24) is 0 Å². The molecule has 0 radical (unpaired) electrons. The fraction of sp³-hybridized carbons (Fsp3) is 0.538. The minimum Gasteiger partial charge on any atom is -0.391 e. The number of rotatable bonds is 4. The standard InChI is InChI=1S/C13H20NO.BrH/c15-11-10-14(8-4-5-9-14)12-13-6-2-1-3-7-13;/h1-3,6-7,15H,4-5,8-12H2;1H/q+1;. The first-order valence-corrected chi connectivity index (χ1v) is 5.85. The SMILES string of the molecule is Br.OCC[N+]1(Cc2ccccc2)CCCC1. The number of hydrogen-bond acceptors (Lipinski definition) is 1. The second-order valence-electron chi connectivity index (χ2n) is 4.59. The number of likely N-dealkylation sites (tertiary alicyclic amines) is 1. The molecule has 2 rings (SSSR count). The van der Waals surface area contributed by atoms with E-state index in [0.29, 0.717) is 6.61 Å². The number of nitrogens with zero attached hydrogens (tertiary/aromatic N) is 1. The molecule has 0 saturated carbocycles. The van der Waals surface area contributed by atoms with E-state index in [1.54, 1.807) is 0 Å². The van der Waals surface area contributed by atoms with E-state index in [9.17, 15) is 0 Å². The van der Waals surface area contributed by atoms with Gasteiger partial charge in [-0.05, 0) is 0 Å². The summed E-state index contributed by atoms with van der Waals surface area (Å²) in [7, 11) is 0. The first-order chi connectivity index (χ1) is 7.35. The molecule has 3 heteroatoms. The molecule has 0 bridgehead atoms. The Kier molecular flexibility index (Phi) is 5.46. The molecule has 0 unspecified atom stereocenters. The monoisotopic (exact) mass is 286 g/mol. The van der Waals surface area contributed by atoms with Gasteiger partial charge in [0.05, 0.1) is 19.7 Å². The largest absolute Gasteiger partial charge is 0.391 e. The third-order valence-electron chi connectivity index (χ3n) is 3.45. The van der Waals surface area contributed by atoms with E-state index in [4.69, 9.17) is 5.11 Å². The first kappa shape index (κ1) is 13.7. The molecule has 0 spiro atoms. The van der Waals surface area contributed by atoms with Gasteiger partial charge < -0.3 is 9.59 Å². The van der Waals surface area contributed by atoms with Crippen molar-refractivity contribution in [3.8, 4) is 0 Å². The molecule has 1 aliphatic rings. The van der Waals surface area contributed by atoms with Gasteiger partial charge in [-0.1, -0.05) is 30.3 Å². The predicted octanol–water partition coefficient (Wildman–Crippen LogP) is 2.37. The van der Waals surface area contributed by atoms with Gasteiger partial charge in [0, 0.05) is 18.4 Å². The van der Waals surface area contributed by atoms with E-state index >= 15 is 0 Å². The van der Waals surface area contributed by atoms with Gasteiger partial charge in [0.25, 0.3) is 0 Å². The number of benzene rings is 1. The predicted molar refractivity (Wildman–Crippen MR) is 71.6 cm³/mol. The summed E-state index contributed by atoms with van der Waals surface area (Å²) >= 11 is 0. The summed E-state index contributed by atoms with van der Waals surface area (Å²) in [6, 6.07) is 10.6. The van der Waals surface area contributed by atoms with Crippen molar-refractivity contribution in [2.75, 3.05) is 26.2 Å². The van der Waals surface area contributed by atoms with Gasteiger partial charge in [-0.3, -0.25) is 0 Å². The van der Waals surface area contributed by atoms with Gasteiger partial charge in [-0.2, -0.15) is 0 Å². The van der Waals surface area contributed by atoms with Crippen molar-refractivity contribution in [1.29, 1.82) is 0 Å². The van der Waals surface area contributed by atoms with Gasteiger partial charge in [0.15, 0.2) is 0 Å². The van der Waals surface area contributed by atoms with E-state index in [-0.39, 0.29) is 17.0 Å². The Morgan fingerprint density at radius 1 is 1.06 bits per heavy atom. The van der Waals surface area contributed by atoms with E-state index in [1.807, 2.05) is 0 Å². The van der Waals surface area contributed by atoms with Crippen molar-refractivity contribution in [2.45, 2.75) is 19.4 Å². The summed E-state index contributed by atoms with van der Waals surface area (Å²) < 4.78 is 1.08. The van der Waals surface area contributed by atoms with E-state index in [0.717, 1.165) is 17.6 Å². The summed E-state index contributed by atoms with van der Waals surface area (Å²) in [5, 5.41) is 9.15. The molecule has 1 aromatic rings. The van der Waals surface area contributed by atoms with Gasteiger partial charge in [-0.15, -0.1) is 17.0 Å². The topological polar surface area (TPSA) is 20.2 Å². The highest BCUT2D eigenvalue weighted by atomic mass is 79.9. The minimum absolute atomic E-state index is 0. The maximum Gasteiger partial charge on any atom is 0.104 e. The van der Waals surface area contributed by atoms with Gasteiger partial charge >= 0.3 is 0 Å². The van der Waals surface area contributed by atoms with Crippen LogP contribution in [-0.2, 0) is 6.54 Å². The number of aliphatic hydroxyl groups is 1. The van der Waals surface area contributed by atoms with E-state index in [1.165, 1.54) is 31.5 Å². The third-order valence-corrected chi connectivity index (χ3v) is 3.45. The summed E-state index contributed by atoms with van der Waals surface area (Å²) in [5.74, 6) is 0. The molecular formula is C13H21BrNO+. The molecular weight excluding hydrogens is 266 g/mol. The maximum absolute atomic E-state index is 9.15. The lowest BCUT2D eigenvalue weighted by Crippen LogP contribution is -2.46. The Balaban J connectivity index is 0.00000128. The Morgan fingerprint density at radius 3 is 2.25 bits per heavy atom. The molecule has 1 heterocycles. The minimum atomic E-state index is 0. The van der Waals surface area contributed by atoms with Crippen molar-refractivity contribution in [3.63, 3.8) is 0 Å². The molecule has 2 nitrogen and oxygen atoms in total. The van der Waals surface area contributed by atoms with Gasteiger partial charge in [-0.25, -0.2) is 0 Å². The second-order valence-corrected chi connectivity index (χ2v) is 4.59. The summed E-state index contributed by atoms with van der Waals surface area (Å²) in [6.45, 7) is 4.77. The van der Waals surface area contributed by atoms with Gasteiger partial charge in [0.2, 0.25) is 0 Å². The van der Waals surface area contributed by atoms with Crippen molar-refractivity contribution in [2.24, 2.45) is 0 Å². The molecule has 0 aliphatic carbocycles. The molecule has 1 saturated heterocycles. The number of hydrogen-bond donors (Lipinski definition) is 1. The van der Waals surface area contributed by atoms with Crippen LogP contribution in [0.2, 0.25) is 0 Å². The molecule has 0 atom stereocenters. The molecule has 1 aromatic carbocycles. The number of halogens is 1. The normalized spacial score (nSPS) is 18.1. The Morgan fingerprint density at radius 2 is 1.69 bits per heavy atom. The summed E-state index contributed by atoms with van der Waals surface area (Å²) in [6.07, 6.45) is 2.62. The molecule has 16 heavy (non-hydrogen) atoms. The lowest BCUT2D eigenvalue weighted by atomic mass is 10.2. The van der Waals surface area contributed by atoms with Crippen LogP contribution in [0, 0.1) is 0 Å². The van der Waals surface area contributed by atoms with Crippen LogP contribution in [0.1, 0.15) is 18.4 Å². The second kappa shape index (κ2) is 6.38. The quantitative estimate of drug-likeness (QED) is 0.843. The number of aliphatic hydroxyl groups excluding tert-OH is 1. The fourth-order valence-corrected chi connectivity index (χ4v) is 2.65. The highest BCUT2D eigenvalue weighted by Crippen LogP contribution is 2.22. The Bertz CT molecular complexity index is 296. The molecule has 0 aromatic heterocycles. The van der Waals surface area contributed by atoms with Crippen molar-refractivity contribution < 1.29 is 9.59 Å². The average Bonchev–Trinajstić information content (AvgIpc) is 2.69. The molecule has 90 valence electrons.